The largest absolute Gasteiger partial charge is 0.480 e. The molecule has 1 fully saturated rings. The number of carboxylic acid groups (broad SMARTS) is 1. The Balaban J connectivity index is 2.08. The van der Waals surface area contributed by atoms with E-state index in [1.165, 1.54) is 6.08 Å². The van der Waals surface area contributed by atoms with E-state index in [9.17, 15) is 14.7 Å². The fourth-order valence-corrected chi connectivity index (χ4v) is 2.76. The second kappa shape index (κ2) is 3.20. The molecular formula is C13H11NO3. The fourth-order valence-electron chi connectivity index (χ4n) is 2.76. The van der Waals surface area contributed by atoms with Gasteiger partial charge >= 0.3 is 5.97 Å². The van der Waals surface area contributed by atoms with Crippen LogP contribution >= 0.6 is 0 Å². The van der Waals surface area contributed by atoms with Crippen molar-refractivity contribution in [2.45, 2.75) is 11.5 Å². The Morgan fingerprint density at radius 3 is 2.59 bits per heavy atom. The first-order chi connectivity index (χ1) is 8.17. The zero-order valence-electron chi connectivity index (χ0n) is 8.96. The monoisotopic (exact) mass is 229 g/mol. The van der Waals surface area contributed by atoms with Gasteiger partial charge in [-0.05, 0) is 11.6 Å². The SMILES string of the molecule is O=C1C=CC2C(N1)C2(C(=O)O)c1ccccc1. The van der Waals surface area contributed by atoms with Gasteiger partial charge in [0.25, 0.3) is 0 Å². The number of benzene rings is 1. The topological polar surface area (TPSA) is 66.4 Å². The number of fused-ring (bicyclic) bond motifs is 1. The van der Waals surface area contributed by atoms with Gasteiger partial charge in [-0.25, -0.2) is 0 Å². The van der Waals surface area contributed by atoms with Gasteiger partial charge < -0.3 is 10.4 Å². The van der Waals surface area contributed by atoms with Crippen LogP contribution in [0, 0.1) is 5.92 Å². The molecule has 0 spiro atoms. The van der Waals surface area contributed by atoms with E-state index in [1.807, 2.05) is 18.2 Å². The minimum Gasteiger partial charge on any atom is -0.480 e. The van der Waals surface area contributed by atoms with Gasteiger partial charge in [-0.1, -0.05) is 36.4 Å². The zero-order valence-corrected chi connectivity index (χ0v) is 8.96. The summed E-state index contributed by atoms with van der Waals surface area (Å²) in [5.74, 6) is -1.24. The van der Waals surface area contributed by atoms with Crippen molar-refractivity contribution in [3.8, 4) is 0 Å². The molecule has 0 bridgehead atoms. The van der Waals surface area contributed by atoms with Crippen molar-refractivity contribution in [3.63, 3.8) is 0 Å². The molecular weight excluding hydrogens is 218 g/mol. The van der Waals surface area contributed by atoms with E-state index < -0.39 is 11.4 Å². The van der Waals surface area contributed by atoms with E-state index in [0.29, 0.717) is 0 Å². The maximum Gasteiger partial charge on any atom is 0.316 e. The molecule has 3 atom stereocenters. The number of carboxylic acids is 1. The molecule has 2 N–H and O–H groups in total. The van der Waals surface area contributed by atoms with E-state index in [-0.39, 0.29) is 17.9 Å². The molecule has 1 aliphatic carbocycles. The first kappa shape index (κ1) is 10.1. The van der Waals surface area contributed by atoms with E-state index in [2.05, 4.69) is 5.32 Å². The molecule has 4 heteroatoms. The van der Waals surface area contributed by atoms with Gasteiger partial charge in [-0.2, -0.15) is 0 Å². The third-order valence-corrected chi connectivity index (χ3v) is 3.62. The summed E-state index contributed by atoms with van der Waals surface area (Å²) < 4.78 is 0. The van der Waals surface area contributed by atoms with E-state index in [1.54, 1.807) is 18.2 Å². The van der Waals surface area contributed by atoms with Crippen LogP contribution in [-0.2, 0) is 15.0 Å². The van der Waals surface area contributed by atoms with Gasteiger partial charge in [0.05, 0.1) is 6.04 Å². The Bertz CT molecular complexity index is 523. The van der Waals surface area contributed by atoms with Crippen LogP contribution in [-0.4, -0.2) is 23.0 Å². The van der Waals surface area contributed by atoms with E-state index >= 15 is 0 Å². The molecule has 0 radical (unpaired) electrons. The molecule has 0 saturated heterocycles. The third-order valence-electron chi connectivity index (χ3n) is 3.62. The summed E-state index contributed by atoms with van der Waals surface area (Å²) in [6, 6.07) is 8.75. The lowest BCUT2D eigenvalue weighted by atomic mass is 9.93. The van der Waals surface area contributed by atoms with Crippen LogP contribution < -0.4 is 5.32 Å². The van der Waals surface area contributed by atoms with Crippen LogP contribution in [0.25, 0.3) is 0 Å². The molecule has 4 nitrogen and oxygen atoms in total. The maximum absolute atomic E-state index is 11.6. The van der Waals surface area contributed by atoms with Gasteiger partial charge in [0, 0.05) is 5.92 Å². The number of amides is 1. The lowest BCUT2D eigenvalue weighted by Crippen LogP contribution is -2.34. The lowest BCUT2D eigenvalue weighted by Gasteiger charge is -2.12. The van der Waals surface area contributed by atoms with Crippen LogP contribution in [0.1, 0.15) is 5.56 Å². The van der Waals surface area contributed by atoms with Crippen molar-refractivity contribution >= 4 is 11.9 Å². The second-order valence-corrected chi connectivity index (χ2v) is 4.41. The highest BCUT2D eigenvalue weighted by Gasteiger charge is 2.71. The summed E-state index contributed by atoms with van der Waals surface area (Å²) >= 11 is 0. The fraction of sp³-hybridized carbons (Fsp3) is 0.231. The Morgan fingerprint density at radius 2 is 2.00 bits per heavy atom. The normalized spacial score (nSPS) is 33.8. The Labute approximate surface area is 98.0 Å². The van der Waals surface area contributed by atoms with Crippen molar-refractivity contribution in [3.05, 3.63) is 48.0 Å². The molecule has 0 aromatic heterocycles. The minimum atomic E-state index is -0.982. The number of hydrogen-bond donors (Lipinski definition) is 2. The number of aliphatic carboxylic acids is 1. The standard InChI is InChI=1S/C13H11NO3/c15-10-7-6-9-11(14-10)13(9,12(16)17)8-4-2-1-3-5-8/h1-7,9,11H,(H,14,15)(H,16,17). The summed E-state index contributed by atoms with van der Waals surface area (Å²) in [5, 5.41) is 12.2. The molecule has 86 valence electrons. The van der Waals surface area contributed by atoms with E-state index in [4.69, 9.17) is 0 Å². The van der Waals surface area contributed by atoms with E-state index in [0.717, 1.165) is 5.56 Å². The highest BCUT2D eigenvalue weighted by Crippen LogP contribution is 2.56. The average Bonchev–Trinajstić information content (AvgIpc) is 2.99. The van der Waals surface area contributed by atoms with Crippen molar-refractivity contribution in [2.75, 3.05) is 0 Å². The molecule has 1 aliphatic heterocycles. The average molecular weight is 229 g/mol. The number of nitrogens with one attached hydrogen (secondary N) is 1. The van der Waals surface area contributed by atoms with Crippen molar-refractivity contribution in [2.24, 2.45) is 5.92 Å². The predicted molar refractivity (Wildman–Crippen MR) is 60.3 cm³/mol. The Kier molecular flexibility index (Phi) is 1.90. The van der Waals surface area contributed by atoms with Crippen LogP contribution in [0.2, 0.25) is 0 Å². The highest BCUT2D eigenvalue weighted by molar-refractivity contribution is 5.96. The summed E-state index contributed by atoms with van der Waals surface area (Å²) in [6.07, 6.45) is 3.11. The van der Waals surface area contributed by atoms with Crippen LogP contribution in [0.3, 0.4) is 0 Å². The first-order valence-corrected chi connectivity index (χ1v) is 5.45. The maximum atomic E-state index is 11.6. The predicted octanol–water partition coefficient (Wildman–Crippen LogP) is 0.693. The summed E-state index contributed by atoms with van der Waals surface area (Å²) in [5.41, 5.74) is -0.237. The van der Waals surface area contributed by atoms with Crippen molar-refractivity contribution < 1.29 is 14.7 Å². The molecule has 1 amide bonds. The van der Waals surface area contributed by atoms with Gasteiger partial charge in [0.15, 0.2) is 0 Å². The number of rotatable bonds is 2. The van der Waals surface area contributed by atoms with Crippen LogP contribution in [0.5, 0.6) is 0 Å². The molecule has 1 saturated carbocycles. The number of carbonyl (C=O) groups is 2. The number of hydrogen-bond acceptors (Lipinski definition) is 2. The zero-order chi connectivity index (χ0) is 12.0. The Morgan fingerprint density at radius 1 is 1.29 bits per heavy atom. The molecule has 2 aliphatic rings. The lowest BCUT2D eigenvalue weighted by molar-refractivity contribution is -0.140. The first-order valence-electron chi connectivity index (χ1n) is 5.45. The smallest absolute Gasteiger partial charge is 0.316 e. The highest BCUT2D eigenvalue weighted by atomic mass is 16.4. The third kappa shape index (κ3) is 1.18. The van der Waals surface area contributed by atoms with Gasteiger partial charge in [0.2, 0.25) is 5.91 Å². The second-order valence-electron chi connectivity index (χ2n) is 4.41. The Hall–Kier alpha value is -2.10. The van der Waals surface area contributed by atoms with Crippen LogP contribution in [0.15, 0.2) is 42.5 Å². The van der Waals surface area contributed by atoms with Gasteiger partial charge in [-0.15, -0.1) is 0 Å². The molecule has 1 heterocycles. The number of carbonyl (C=O) groups excluding carboxylic acids is 1. The van der Waals surface area contributed by atoms with Crippen molar-refractivity contribution in [1.29, 1.82) is 0 Å². The molecule has 1 aromatic rings. The molecule has 1 aromatic carbocycles. The van der Waals surface area contributed by atoms with Crippen LogP contribution in [0.4, 0.5) is 0 Å². The summed E-state index contributed by atoms with van der Waals surface area (Å²) in [4.78, 5) is 22.8. The molecule has 17 heavy (non-hydrogen) atoms. The van der Waals surface area contributed by atoms with Gasteiger partial charge in [-0.3, -0.25) is 9.59 Å². The minimum absolute atomic E-state index is 0.139. The summed E-state index contributed by atoms with van der Waals surface area (Å²) in [7, 11) is 0. The summed E-state index contributed by atoms with van der Waals surface area (Å²) in [6.45, 7) is 0. The molecule has 3 rings (SSSR count). The molecule has 3 unspecified atom stereocenters. The van der Waals surface area contributed by atoms with Gasteiger partial charge in [0.1, 0.15) is 5.41 Å². The quantitative estimate of drug-likeness (QED) is 0.784. The van der Waals surface area contributed by atoms with Crippen molar-refractivity contribution in [1.82, 2.24) is 5.32 Å².